The zero-order chi connectivity index (χ0) is 18.6. The summed E-state index contributed by atoms with van der Waals surface area (Å²) in [4.78, 5) is 11.6. The minimum atomic E-state index is -4.49. The summed E-state index contributed by atoms with van der Waals surface area (Å²) < 4.78 is 45.1. The molecule has 6 heteroatoms. The lowest BCUT2D eigenvalue weighted by atomic mass is 10.1. The molecule has 0 radical (unpaired) electrons. The Labute approximate surface area is 144 Å². The largest absolute Gasteiger partial charge is 0.488 e. The molecule has 0 heterocycles. The van der Waals surface area contributed by atoms with Gasteiger partial charge in [-0.2, -0.15) is 13.2 Å². The first kappa shape index (κ1) is 18.8. The summed E-state index contributed by atoms with van der Waals surface area (Å²) in [5.74, 6) is -0.396. The van der Waals surface area contributed by atoms with Gasteiger partial charge < -0.3 is 10.1 Å². The Bertz CT molecular complexity index is 770. The van der Waals surface area contributed by atoms with E-state index in [4.69, 9.17) is 4.74 Å². The molecule has 0 unspecified atom stereocenters. The molecule has 0 atom stereocenters. The topological polar surface area (TPSA) is 38.3 Å². The molecule has 3 nitrogen and oxygen atoms in total. The molecule has 0 aromatic heterocycles. The number of nitrogens with one attached hydrogen (secondary N) is 1. The lowest BCUT2D eigenvalue weighted by molar-refractivity contribution is -0.139. The number of rotatable bonds is 5. The molecule has 134 valence electrons. The van der Waals surface area contributed by atoms with Crippen LogP contribution < -0.4 is 10.1 Å². The number of halogens is 3. The van der Waals surface area contributed by atoms with Gasteiger partial charge in [-0.15, -0.1) is 0 Å². The molecule has 0 fully saturated rings. The second kappa shape index (κ2) is 7.59. The Morgan fingerprint density at radius 2 is 1.88 bits per heavy atom. The summed E-state index contributed by atoms with van der Waals surface area (Å²) in [6.45, 7) is 5.07. The van der Waals surface area contributed by atoms with Crippen molar-refractivity contribution in [2.24, 2.45) is 0 Å². The van der Waals surface area contributed by atoms with E-state index in [0.29, 0.717) is 23.2 Å². The number of hydrogen-bond acceptors (Lipinski definition) is 2. The van der Waals surface area contributed by atoms with E-state index < -0.39 is 11.7 Å². The van der Waals surface area contributed by atoms with Gasteiger partial charge in [0, 0.05) is 17.7 Å². The zero-order valence-corrected chi connectivity index (χ0v) is 14.3. The molecule has 0 spiro atoms. The van der Waals surface area contributed by atoms with E-state index in [1.54, 1.807) is 32.0 Å². The maximum Gasteiger partial charge on any atom is 0.419 e. The maximum absolute atomic E-state index is 13.2. The highest BCUT2D eigenvalue weighted by molar-refractivity contribution is 5.91. The van der Waals surface area contributed by atoms with Gasteiger partial charge in [0.15, 0.2) is 0 Å². The summed E-state index contributed by atoms with van der Waals surface area (Å²) in [6, 6.07) is 9.26. The first-order chi connectivity index (χ1) is 11.7. The van der Waals surface area contributed by atoms with Gasteiger partial charge in [-0.1, -0.05) is 30.7 Å². The summed E-state index contributed by atoms with van der Waals surface area (Å²) in [5, 5.41) is 2.75. The van der Waals surface area contributed by atoms with E-state index in [1.165, 1.54) is 6.07 Å². The number of carbonyl (C=O) groups is 1. The maximum atomic E-state index is 13.2. The number of ether oxygens (including phenoxy) is 1. The second-order valence-corrected chi connectivity index (χ2v) is 5.79. The van der Waals surface area contributed by atoms with Gasteiger partial charge in [-0.25, -0.2) is 0 Å². The van der Waals surface area contributed by atoms with Gasteiger partial charge in [-0.3, -0.25) is 4.79 Å². The standard InChI is InChI=1S/C19H20F3NO2/c1-4-18(24)23-16-7-5-6-13(3)14(16)11-25-17-9-8-12(2)10-15(17)19(20,21)22/h5-10H,4,11H2,1-3H3,(H,23,24). The van der Waals surface area contributed by atoms with Crippen molar-refractivity contribution >= 4 is 11.6 Å². The van der Waals surface area contributed by atoms with E-state index in [1.807, 2.05) is 13.0 Å². The average Bonchev–Trinajstić information content (AvgIpc) is 2.54. The highest BCUT2D eigenvalue weighted by Gasteiger charge is 2.34. The van der Waals surface area contributed by atoms with Crippen LogP contribution in [0.5, 0.6) is 5.75 Å². The fraction of sp³-hybridized carbons (Fsp3) is 0.316. The molecule has 2 rings (SSSR count). The van der Waals surface area contributed by atoms with E-state index in [0.717, 1.165) is 11.6 Å². The van der Waals surface area contributed by atoms with Crippen LogP contribution >= 0.6 is 0 Å². The van der Waals surface area contributed by atoms with E-state index in [9.17, 15) is 18.0 Å². The van der Waals surface area contributed by atoms with Crippen LogP contribution in [-0.4, -0.2) is 5.91 Å². The summed E-state index contributed by atoms with van der Waals surface area (Å²) in [5.41, 5.74) is 1.73. The molecular formula is C19H20F3NO2. The van der Waals surface area contributed by atoms with Crippen molar-refractivity contribution in [1.29, 1.82) is 0 Å². The predicted molar refractivity (Wildman–Crippen MR) is 90.6 cm³/mol. The van der Waals surface area contributed by atoms with E-state index in [2.05, 4.69) is 5.32 Å². The lowest BCUT2D eigenvalue weighted by Gasteiger charge is -2.17. The molecule has 1 N–H and O–H groups in total. The van der Waals surface area contributed by atoms with Crippen molar-refractivity contribution in [3.05, 3.63) is 58.7 Å². The van der Waals surface area contributed by atoms with Crippen molar-refractivity contribution in [3.63, 3.8) is 0 Å². The van der Waals surface area contributed by atoms with Crippen LogP contribution in [0.3, 0.4) is 0 Å². The predicted octanol–water partition coefficient (Wildman–Crippen LogP) is 5.25. The van der Waals surface area contributed by atoms with Crippen LogP contribution in [0, 0.1) is 13.8 Å². The smallest absolute Gasteiger partial charge is 0.419 e. The van der Waals surface area contributed by atoms with E-state index in [-0.39, 0.29) is 18.3 Å². The fourth-order valence-corrected chi connectivity index (χ4v) is 2.39. The average molecular weight is 351 g/mol. The number of anilines is 1. The van der Waals surface area contributed by atoms with Crippen molar-refractivity contribution in [1.82, 2.24) is 0 Å². The molecule has 25 heavy (non-hydrogen) atoms. The third-order valence-electron chi connectivity index (χ3n) is 3.82. The van der Waals surface area contributed by atoms with Crippen LogP contribution in [0.15, 0.2) is 36.4 Å². The normalized spacial score (nSPS) is 11.3. The Morgan fingerprint density at radius 1 is 1.16 bits per heavy atom. The summed E-state index contributed by atoms with van der Waals surface area (Å²) in [6.07, 6.45) is -4.18. The highest BCUT2D eigenvalue weighted by Crippen LogP contribution is 2.37. The first-order valence-electron chi connectivity index (χ1n) is 7.91. The van der Waals surface area contributed by atoms with Crippen molar-refractivity contribution < 1.29 is 22.7 Å². The number of amides is 1. The van der Waals surface area contributed by atoms with Crippen LogP contribution in [0.2, 0.25) is 0 Å². The number of benzene rings is 2. The first-order valence-corrected chi connectivity index (χ1v) is 7.91. The van der Waals surface area contributed by atoms with Gasteiger partial charge in [-0.05, 0) is 37.6 Å². The fourth-order valence-electron chi connectivity index (χ4n) is 2.39. The molecule has 0 aliphatic rings. The highest BCUT2D eigenvalue weighted by atomic mass is 19.4. The van der Waals surface area contributed by atoms with Gasteiger partial charge in [0.05, 0.1) is 5.56 Å². The van der Waals surface area contributed by atoms with Crippen molar-refractivity contribution in [2.75, 3.05) is 5.32 Å². The molecule has 0 saturated carbocycles. The van der Waals surface area contributed by atoms with Crippen LogP contribution in [-0.2, 0) is 17.6 Å². The Kier molecular flexibility index (Phi) is 5.72. The zero-order valence-electron chi connectivity index (χ0n) is 14.3. The third-order valence-corrected chi connectivity index (χ3v) is 3.82. The minimum absolute atomic E-state index is 0.0713. The van der Waals surface area contributed by atoms with Crippen LogP contribution in [0.4, 0.5) is 18.9 Å². The Balaban J connectivity index is 2.29. The summed E-state index contributed by atoms with van der Waals surface area (Å²) in [7, 11) is 0. The number of aryl methyl sites for hydroxylation is 2. The summed E-state index contributed by atoms with van der Waals surface area (Å²) >= 11 is 0. The lowest BCUT2D eigenvalue weighted by Crippen LogP contribution is -2.14. The molecular weight excluding hydrogens is 331 g/mol. The Morgan fingerprint density at radius 3 is 2.52 bits per heavy atom. The quantitative estimate of drug-likeness (QED) is 0.799. The second-order valence-electron chi connectivity index (χ2n) is 5.79. The van der Waals surface area contributed by atoms with Gasteiger partial charge >= 0.3 is 6.18 Å². The molecule has 0 bridgehead atoms. The monoisotopic (exact) mass is 351 g/mol. The number of carbonyl (C=O) groups excluding carboxylic acids is 1. The molecule has 0 saturated heterocycles. The van der Waals surface area contributed by atoms with Crippen molar-refractivity contribution in [2.45, 2.75) is 40.0 Å². The number of hydrogen-bond donors (Lipinski definition) is 1. The molecule has 2 aromatic rings. The number of alkyl halides is 3. The van der Waals surface area contributed by atoms with Crippen LogP contribution in [0.1, 0.15) is 35.6 Å². The van der Waals surface area contributed by atoms with Gasteiger partial charge in [0.2, 0.25) is 5.91 Å². The molecule has 0 aliphatic carbocycles. The van der Waals surface area contributed by atoms with Gasteiger partial charge in [0.1, 0.15) is 12.4 Å². The van der Waals surface area contributed by atoms with Gasteiger partial charge in [0.25, 0.3) is 0 Å². The molecule has 1 amide bonds. The third kappa shape index (κ3) is 4.75. The van der Waals surface area contributed by atoms with E-state index >= 15 is 0 Å². The molecule has 0 aliphatic heterocycles. The molecule has 2 aromatic carbocycles. The van der Waals surface area contributed by atoms with Crippen LogP contribution in [0.25, 0.3) is 0 Å². The SMILES string of the molecule is CCC(=O)Nc1cccc(C)c1COc1ccc(C)cc1C(F)(F)F. The van der Waals surface area contributed by atoms with Crippen molar-refractivity contribution in [3.8, 4) is 5.75 Å². The Hall–Kier alpha value is -2.50. The minimum Gasteiger partial charge on any atom is -0.488 e.